The minimum absolute atomic E-state index is 0.00619. The monoisotopic (exact) mass is 598 g/mol. The number of hydrogen-bond acceptors (Lipinski definition) is 4. The number of carbonyl (C=O) groups is 2. The fourth-order valence-corrected chi connectivity index (χ4v) is 5.18. The highest BCUT2D eigenvalue weighted by molar-refractivity contribution is 5.75. The van der Waals surface area contributed by atoms with E-state index in [0.717, 1.165) is 71.2 Å². The zero-order valence-corrected chi connectivity index (χ0v) is 24.8. The number of carboxylic acid groups (broad SMARTS) is 2. The Kier molecular flexibility index (Phi) is 12.4. The van der Waals surface area contributed by atoms with Gasteiger partial charge in [-0.1, -0.05) is 67.4 Å². The van der Waals surface area contributed by atoms with E-state index >= 15 is 0 Å². The van der Waals surface area contributed by atoms with Gasteiger partial charge in [0.05, 0.1) is 13.2 Å². The summed E-state index contributed by atoms with van der Waals surface area (Å²) in [5.74, 6) is -0.631. The molecule has 4 aromatic rings. The van der Waals surface area contributed by atoms with Gasteiger partial charge < -0.3 is 19.7 Å². The lowest BCUT2D eigenvalue weighted by Gasteiger charge is -2.15. The summed E-state index contributed by atoms with van der Waals surface area (Å²) in [7, 11) is 0. The summed E-state index contributed by atoms with van der Waals surface area (Å²) in [6.07, 6.45) is 5.38. The Balaban J connectivity index is 1.31. The maximum Gasteiger partial charge on any atom is 0.303 e. The van der Waals surface area contributed by atoms with Crippen LogP contribution in [-0.4, -0.2) is 35.4 Å². The van der Waals surface area contributed by atoms with Crippen molar-refractivity contribution in [3.05, 3.63) is 108 Å². The predicted octanol–water partition coefficient (Wildman–Crippen LogP) is 8.60. The van der Waals surface area contributed by atoms with Crippen molar-refractivity contribution < 1.29 is 33.7 Å². The highest BCUT2D eigenvalue weighted by atomic mass is 19.1. The smallest absolute Gasteiger partial charge is 0.303 e. The van der Waals surface area contributed by atoms with E-state index in [1.54, 1.807) is 6.07 Å². The second kappa shape index (κ2) is 16.8. The maximum absolute atomic E-state index is 14.0. The lowest BCUT2D eigenvalue weighted by atomic mass is 9.97. The van der Waals surface area contributed by atoms with Crippen molar-refractivity contribution in [1.29, 1.82) is 0 Å². The first kappa shape index (κ1) is 32.3. The fraction of sp³-hybridized carbons (Fsp3) is 0.297. The number of halogens is 1. The first-order chi connectivity index (χ1) is 21.4. The van der Waals surface area contributed by atoms with Crippen molar-refractivity contribution in [1.82, 2.24) is 0 Å². The zero-order valence-electron chi connectivity index (χ0n) is 24.8. The van der Waals surface area contributed by atoms with Gasteiger partial charge in [-0.05, 0) is 102 Å². The SMILES string of the molecule is O=C(O)CCCOc1cccc(CCCCCCOc2cc(-c3ccccc3)cc(-c3cccc(F)c3)c2)c1CCC(=O)O. The van der Waals surface area contributed by atoms with E-state index in [4.69, 9.17) is 14.6 Å². The molecule has 0 aliphatic heterocycles. The summed E-state index contributed by atoms with van der Waals surface area (Å²) in [5.41, 5.74) is 5.72. The van der Waals surface area contributed by atoms with Gasteiger partial charge in [0.2, 0.25) is 0 Å². The van der Waals surface area contributed by atoms with Gasteiger partial charge in [-0.25, -0.2) is 4.39 Å². The largest absolute Gasteiger partial charge is 0.494 e. The standard InChI is InChI=1S/C37H39FO6/c38-32-16-8-15-29(24-32)31-23-30(27-11-5-3-6-12-27)25-33(26-31)43-21-7-2-1-4-13-28-14-9-17-35(34(28)19-20-37(41)42)44-22-10-18-36(39)40/h3,5-6,8-9,11-12,14-17,23-26H,1-2,4,7,10,13,18-22H2,(H,39,40)(H,41,42). The van der Waals surface area contributed by atoms with Crippen LogP contribution >= 0.6 is 0 Å². The van der Waals surface area contributed by atoms with Crippen LogP contribution in [0.1, 0.15) is 56.1 Å². The molecule has 4 rings (SSSR count). The molecule has 0 aliphatic rings. The third-order valence-electron chi connectivity index (χ3n) is 7.39. The molecule has 0 radical (unpaired) electrons. The summed E-state index contributed by atoms with van der Waals surface area (Å²) in [6, 6.07) is 28.4. The van der Waals surface area contributed by atoms with Gasteiger partial charge in [0, 0.05) is 12.8 Å². The Morgan fingerprint density at radius 2 is 1.27 bits per heavy atom. The van der Waals surface area contributed by atoms with Crippen LogP contribution < -0.4 is 9.47 Å². The molecule has 0 saturated carbocycles. The fourth-order valence-electron chi connectivity index (χ4n) is 5.18. The molecular formula is C37H39FO6. The van der Waals surface area contributed by atoms with Gasteiger partial charge in [0.1, 0.15) is 17.3 Å². The van der Waals surface area contributed by atoms with E-state index in [9.17, 15) is 19.1 Å². The van der Waals surface area contributed by atoms with E-state index in [1.165, 1.54) is 12.1 Å². The minimum atomic E-state index is -0.867. The summed E-state index contributed by atoms with van der Waals surface area (Å²) >= 11 is 0. The minimum Gasteiger partial charge on any atom is -0.494 e. The van der Waals surface area contributed by atoms with Crippen molar-refractivity contribution in [2.75, 3.05) is 13.2 Å². The van der Waals surface area contributed by atoms with E-state index in [2.05, 4.69) is 6.07 Å². The number of unbranched alkanes of at least 4 members (excludes halogenated alkanes) is 3. The number of hydrogen-bond donors (Lipinski definition) is 2. The van der Waals surface area contributed by atoms with Crippen molar-refractivity contribution in [2.45, 2.75) is 57.8 Å². The van der Waals surface area contributed by atoms with Gasteiger partial charge in [0.15, 0.2) is 0 Å². The molecule has 0 saturated heterocycles. The number of aryl methyl sites for hydroxylation is 1. The topological polar surface area (TPSA) is 93.1 Å². The highest BCUT2D eigenvalue weighted by Crippen LogP contribution is 2.32. The van der Waals surface area contributed by atoms with Crippen LogP contribution in [0.3, 0.4) is 0 Å². The second-order valence-corrected chi connectivity index (χ2v) is 10.8. The Hall–Kier alpha value is -4.65. The summed E-state index contributed by atoms with van der Waals surface area (Å²) in [5, 5.41) is 18.1. The Morgan fingerprint density at radius 1 is 0.591 bits per heavy atom. The van der Waals surface area contributed by atoms with E-state index < -0.39 is 11.9 Å². The molecule has 4 aromatic carbocycles. The number of aliphatic carboxylic acids is 2. The van der Waals surface area contributed by atoms with Gasteiger partial charge in [0.25, 0.3) is 0 Å². The van der Waals surface area contributed by atoms with Gasteiger partial charge in [-0.3, -0.25) is 9.59 Å². The van der Waals surface area contributed by atoms with E-state index in [1.807, 2.05) is 66.7 Å². The first-order valence-corrected chi connectivity index (χ1v) is 15.2. The molecule has 44 heavy (non-hydrogen) atoms. The Labute approximate surface area is 258 Å². The molecule has 0 aliphatic carbocycles. The molecule has 230 valence electrons. The van der Waals surface area contributed by atoms with E-state index in [-0.39, 0.29) is 25.3 Å². The molecular weight excluding hydrogens is 559 g/mol. The van der Waals surface area contributed by atoms with Crippen LogP contribution in [0.4, 0.5) is 4.39 Å². The lowest BCUT2D eigenvalue weighted by Crippen LogP contribution is -2.07. The van der Waals surface area contributed by atoms with Crippen molar-refractivity contribution in [2.24, 2.45) is 0 Å². The van der Waals surface area contributed by atoms with Crippen LogP contribution in [0, 0.1) is 5.82 Å². The number of carboxylic acids is 2. The van der Waals surface area contributed by atoms with Crippen molar-refractivity contribution in [3.8, 4) is 33.8 Å². The van der Waals surface area contributed by atoms with E-state index in [0.29, 0.717) is 25.2 Å². The zero-order chi connectivity index (χ0) is 31.1. The summed E-state index contributed by atoms with van der Waals surface area (Å²) in [4.78, 5) is 22.1. The number of benzene rings is 4. The average molecular weight is 599 g/mol. The van der Waals surface area contributed by atoms with Gasteiger partial charge >= 0.3 is 11.9 Å². The average Bonchev–Trinajstić information content (AvgIpc) is 3.02. The van der Waals surface area contributed by atoms with Crippen LogP contribution in [0.25, 0.3) is 22.3 Å². The normalized spacial score (nSPS) is 10.8. The van der Waals surface area contributed by atoms with Crippen LogP contribution in [0.15, 0.2) is 91.0 Å². The molecule has 0 unspecified atom stereocenters. The quantitative estimate of drug-likeness (QED) is 0.111. The van der Waals surface area contributed by atoms with Crippen molar-refractivity contribution >= 4 is 11.9 Å². The third-order valence-corrected chi connectivity index (χ3v) is 7.39. The van der Waals surface area contributed by atoms with Crippen LogP contribution in [0.2, 0.25) is 0 Å². The van der Waals surface area contributed by atoms with Gasteiger partial charge in [-0.2, -0.15) is 0 Å². The number of rotatable bonds is 18. The number of ether oxygens (including phenoxy) is 2. The molecule has 0 aromatic heterocycles. The molecule has 0 bridgehead atoms. The molecule has 7 heteroatoms. The molecule has 6 nitrogen and oxygen atoms in total. The summed E-state index contributed by atoms with van der Waals surface area (Å²) < 4.78 is 26.0. The second-order valence-electron chi connectivity index (χ2n) is 10.8. The molecule has 0 fully saturated rings. The van der Waals surface area contributed by atoms with Crippen molar-refractivity contribution in [3.63, 3.8) is 0 Å². The molecule has 0 spiro atoms. The van der Waals surface area contributed by atoms with Crippen LogP contribution in [0.5, 0.6) is 11.5 Å². The van der Waals surface area contributed by atoms with Gasteiger partial charge in [-0.15, -0.1) is 0 Å². The highest BCUT2D eigenvalue weighted by Gasteiger charge is 2.12. The maximum atomic E-state index is 14.0. The predicted molar refractivity (Wildman–Crippen MR) is 170 cm³/mol. The molecule has 0 amide bonds. The Bertz CT molecular complexity index is 1520. The summed E-state index contributed by atoms with van der Waals surface area (Å²) in [6.45, 7) is 0.832. The molecule has 2 N–H and O–H groups in total. The Morgan fingerprint density at radius 3 is 2.02 bits per heavy atom. The molecule has 0 atom stereocenters. The molecule has 0 heterocycles. The first-order valence-electron chi connectivity index (χ1n) is 15.2. The lowest BCUT2D eigenvalue weighted by molar-refractivity contribution is -0.138. The van der Waals surface area contributed by atoms with Crippen LogP contribution in [-0.2, 0) is 22.4 Å². The third kappa shape index (κ3) is 10.3.